The van der Waals surface area contributed by atoms with Crippen molar-refractivity contribution in [2.45, 2.75) is 45.6 Å². The lowest BCUT2D eigenvalue weighted by atomic mass is 9.95. The third-order valence-corrected chi connectivity index (χ3v) is 4.47. The first-order valence-corrected chi connectivity index (χ1v) is 7.49. The first kappa shape index (κ1) is 13.2. The average molecular weight is 269 g/mol. The highest BCUT2D eigenvalue weighted by atomic mass is 15.2. The van der Waals surface area contributed by atoms with Crippen molar-refractivity contribution in [2.75, 3.05) is 5.73 Å². The Bertz CT molecular complexity index is 600. The van der Waals surface area contributed by atoms with Crippen LogP contribution in [0.1, 0.15) is 56.2 Å². The molecule has 2 aromatic rings. The van der Waals surface area contributed by atoms with E-state index in [1.807, 2.05) is 6.07 Å². The fraction of sp³-hybridized carbons (Fsp3) is 0.471. The zero-order valence-electron chi connectivity index (χ0n) is 12.5. The van der Waals surface area contributed by atoms with Crippen LogP contribution in [0.3, 0.4) is 0 Å². The average Bonchev–Trinajstić information content (AvgIpc) is 2.76. The van der Waals surface area contributed by atoms with Crippen LogP contribution in [0.5, 0.6) is 0 Å². The zero-order chi connectivity index (χ0) is 14.3. The van der Waals surface area contributed by atoms with Crippen molar-refractivity contribution < 1.29 is 0 Å². The predicted octanol–water partition coefficient (Wildman–Crippen LogP) is 3.76. The van der Waals surface area contributed by atoms with Crippen LogP contribution in [0, 0.1) is 5.92 Å². The number of nitrogens with zero attached hydrogens (tertiary/aromatic N) is 2. The molecule has 3 heteroatoms. The van der Waals surface area contributed by atoms with E-state index in [0.29, 0.717) is 12.0 Å². The number of nitrogen functional groups attached to an aromatic ring is 1. The third-order valence-electron chi connectivity index (χ3n) is 4.47. The zero-order valence-corrected chi connectivity index (χ0v) is 12.5. The van der Waals surface area contributed by atoms with E-state index in [-0.39, 0.29) is 5.92 Å². The molecule has 0 fully saturated rings. The highest BCUT2D eigenvalue weighted by Crippen LogP contribution is 2.36. The second-order valence-electron chi connectivity index (χ2n) is 6.19. The fourth-order valence-electron chi connectivity index (χ4n) is 3.45. The SMILES string of the molecule is CC1Cc2nc(C(C)c3ccccc3)c(N)n2C(C)C1. The molecule has 3 rings (SSSR count). The van der Waals surface area contributed by atoms with Crippen LogP contribution >= 0.6 is 0 Å². The minimum Gasteiger partial charge on any atom is -0.384 e. The van der Waals surface area contributed by atoms with Gasteiger partial charge in [0, 0.05) is 18.4 Å². The molecule has 1 aromatic heterocycles. The number of hydrogen-bond donors (Lipinski definition) is 1. The van der Waals surface area contributed by atoms with Gasteiger partial charge in [0.25, 0.3) is 0 Å². The van der Waals surface area contributed by atoms with Gasteiger partial charge in [0.15, 0.2) is 0 Å². The molecule has 1 aromatic carbocycles. The molecule has 0 aliphatic carbocycles. The van der Waals surface area contributed by atoms with Crippen LogP contribution in [0.2, 0.25) is 0 Å². The van der Waals surface area contributed by atoms with Gasteiger partial charge in [-0.25, -0.2) is 4.98 Å². The standard InChI is InChI=1S/C17H23N3/c1-11-9-12(2)20-15(10-11)19-16(17(20)18)13(3)14-7-5-4-6-8-14/h4-8,11-13H,9-10,18H2,1-3H3. The van der Waals surface area contributed by atoms with E-state index in [4.69, 9.17) is 10.7 Å². The van der Waals surface area contributed by atoms with Crippen LogP contribution in [0.25, 0.3) is 0 Å². The summed E-state index contributed by atoms with van der Waals surface area (Å²) >= 11 is 0. The van der Waals surface area contributed by atoms with E-state index in [2.05, 4.69) is 49.6 Å². The molecular formula is C17H23N3. The van der Waals surface area contributed by atoms with Crippen molar-refractivity contribution in [1.82, 2.24) is 9.55 Å². The summed E-state index contributed by atoms with van der Waals surface area (Å²) in [6.45, 7) is 6.73. The molecule has 2 heterocycles. The van der Waals surface area contributed by atoms with Crippen LogP contribution in [-0.2, 0) is 6.42 Å². The Balaban J connectivity index is 2.02. The van der Waals surface area contributed by atoms with Crippen molar-refractivity contribution in [3.63, 3.8) is 0 Å². The second-order valence-corrected chi connectivity index (χ2v) is 6.19. The first-order valence-electron chi connectivity index (χ1n) is 7.49. The molecule has 0 spiro atoms. The third kappa shape index (κ3) is 2.11. The number of anilines is 1. The molecule has 0 bridgehead atoms. The number of imidazole rings is 1. The molecule has 3 nitrogen and oxygen atoms in total. The highest BCUT2D eigenvalue weighted by molar-refractivity contribution is 5.45. The quantitative estimate of drug-likeness (QED) is 0.902. The summed E-state index contributed by atoms with van der Waals surface area (Å²) in [7, 11) is 0. The molecule has 3 atom stereocenters. The van der Waals surface area contributed by atoms with E-state index in [1.54, 1.807) is 0 Å². The van der Waals surface area contributed by atoms with Gasteiger partial charge in [0.2, 0.25) is 0 Å². The summed E-state index contributed by atoms with van der Waals surface area (Å²) in [5.41, 5.74) is 8.71. The molecule has 1 aliphatic rings. The van der Waals surface area contributed by atoms with Gasteiger partial charge >= 0.3 is 0 Å². The van der Waals surface area contributed by atoms with E-state index in [0.717, 1.165) is 23.8 Å². The van der Waals surface area contributed by atoms with Crippen LogP contribution in [-0.4, -0.2) is 9.55 Å². The van der Waals surface area contributed by atoms with Gasteiger partial charge < -0.3 is 10.3 Å². The van der Waals surface area contributed by atoms with Crippen molar-refractivity contribution in [3.05, 3.63) is 47.4 Å². The van der Waals surface area contributed by atoms with Crippen LogP contribution in [0.4, 0.5) is 5.82 Å². The smallest absolute Gasteiger partial charge is 0.127 e. The Morgan fingerprint density at radius 2 is 1.95 bits per heavy atom. The highest BCUT2D eigenvalue weighted by Gasteiger charge is 2.28. The summed E-state index contributed by atoms with van der Waals surface area (Å²) in [6.07, 6.45) is 2.22. The molecule has 106 valence electrons. The van der Waals surface area contributed by atoms with Crippen molar-refractivity contribution in [1.29, 1.82) is 0 Å². The number of rotatable bonds is 2. The first-order chi connectivity index (χ1) is 9.58. The fourth-order valence-corrected chi connectivity index (χ4v) is 3.45. The molecule has 2 N–H and O–H groups in total. The maximum absolute atomic E-state index is 6.40. The Morgan fingerprint density at radius 1 is 1.25 bits per heavy atom. The van der Waals surface area contributed by atoms with Crippen molar-refractivity contribution in [2.24, 2.45) is 5.92 Å². The van der Waals surface area contributed by atoms with Gasteiger partial charge in [-0.2, -0.15) is 0 Å². The summed E-state index contributed by atoms with van der Waals surface area (Å²) < 4.78 is 2.24. The predicted molar refractivity (Wildman–Crippen MR) is 82.8 cm³/mol. The van der Waals surface area contributed by atoms with E-state index in [1.165, 1.54) is 12.0 Å². The lowest BCUT2D eigenvalue weighted by Crippen LogP contribution is -2.22. The Morgan fingerprint density at radius 3 is 2.65 bits per heavy atom. The lowest BCUT2D eigenvalue weighted by Gasteiger charge is -2.27. The van der Waals surface area contributed by atoms with Gasteiger partial charge in [0.05, 0.1) is 5.69 Å². The largest absolute Gasteiger partial charge is 0.384 e. The molecule has 0 amide bonds. The van der Waals surface area contributed by atoms with Gasteiger partial charge in [-0.15, -0.1) is 0 Å². The number of hydrogen-bond acceptors (Lipinski definition) is 2. The van der Waals surface area contributed by atoms with Gasteiger partial charge in [-0.3, -0.25) is 0 Å². The maximum Gasteiger partial charge on any atom is 0.127 e. The number of fused-ring (bicyclic) bond motifs is 1. The molecule has 3 unspecified atom stereocenters. The molecule has 1 aliphatic heterocycles. The molecule has 0 saturated heterocycles. The lowest BCUT2D eigenvalue weighted by molar-refractivity contribution is 0.346. The normalized spacial score (nSPS) is 23.4. The van der Waals surface area contributed by atoms with Gasteiger partial charge in [0.1, 0.15) is 11.6 Å². The van der Waals surface area contributed by atoms with Crippen molar-refractivity contribution in [3.8, 4) is 0 Å². The van der Waals surface area contributed by atoms with E-state index < -0.39 is 0 Å². The van der Waals surface area contributed by atoms with E-state index >= 15 is 0 Å². The Kier molecular flexibility index (Phi) is 3.28. The topological polar surface area (TPSA) is 43.8 Å². The Labute approximate surface area is 120 Å². The van der Waals surface area contributed by atoms with Crippen LogP contribution < -0.4 is 5.73 Å². The summed E-state index contributed by atoms with van der Waals surface area (Å²) in [5.74, 6) is 2.96. The molecular weight excluding hydrogens is 246 g/mol. The van der Waals surface area contributed by atoms with Crippen molar-refractivity contribution >= 4 is 5.82 Å². The van der Waals surface area contributed by atoms with Gasteiger partial charge in [-0.1, -0.05) is 44.2 Å². The van der Waals surface area contributed by atoms with Crippen LogP contribution in [0.15, 0.2) is 30.3 Å². The maximum atomic E-state index is 6.40. The number of nitrogens with two attached hydrogens (primary N) is 1. The minimum atomic E-state index is 0.247. The molecule has 20 heavy (non-hydrogen) atoms. The number of aromatic nitrogens is 2. The van der Waals surface area contributed by atoms with Gasteiger partial charge in [-0.05, 0) is 24.8 Å². The summed E-state index contributed by atoms with van der Waals surface area (Å²) in [6, 6.07) is 10.9. The molecule has 0 saturated carbocycles. The molecule has 0 radical (unpaired) electrons. The summed E-state index contributed by atoms with van der Waals surface area (Å²) in [5, 5.41) is 0. The minimum absolute atomic E-state index is 0.247. The number of benzene rings is 1. The summed E-state index contributed by atoms with van der Waals surface area (Å²) in [4.78, 5) is 4.87. The second kappa shape index (κ2) is 4.97. The monoisotopic (exact) mass is 269 g/mol. The van der Waals surface area contributed by atoms with E-state index in [9.17, 15) is 0 Å². The Hall–Kier alpha value is -1.77.